The highest BCUT2D eigenvalue weighted by Crippen LogP contribution is 2.04. The Balaban J connectivity index is 2.95. The van der Waals surface area contributed by atoms with Crippen LogP contribution in [0.2, 0.25) is 0 Å². The van der Waals surface area contributed by atoms with E-state index in [0.29, 0.717) is 0 Å². The van der Waals surface area contributed by atoms with Gasteiger partial charge in [0.1, 0.15) is 0 Å². The minimum atomic E-state index is 0.771. The van der Waals surface area contributed by atoms with Gasteiger partial charge in [0.05, 0.1) is 6.20 Å². The van der Waals surface area contributed by atoms with Gasteiger partial charge in [-0.25, -0.2) is 0 Å². The first-order valence-corrected chi connectivity index (χ1v) is 3.15. The van der Waals surface area contributed by atoms with Crippen molar-refractivity contribution in [1.82, 2.24) is 9.78 Å². The van der Waals surface area contributed by atoms with E-state index in [1.165, 1.54) is 0 Å². The Labute approximate surface area is 60.1 Å². The van der Waals surface area contributed by atoms with Crippen molar-refractivity contribution in [2.75, 3.05) is 0 Å². The van der Waals surface area contributed by atoms with Gasteiger partial charge in [-0.3, -0.25) is 4.68 Å². The number of rotatable bonds is 1. The highest BCUT2D eigenvalue weighted by Gasteiger charge is 1.95. The van der Waals surface area contributed by atoms with E-state index in [2.05, 4.69) is 5.10 Å². The summed E-state index contributed by atoms with van der Waals surface area (Å²) >= 11 is 0. The summed E-state index contributed by atoms with van der Waals surface area (Å²) in [6.07, 6.45) is 5.49. The molecule has 3 nitrogen and oxygen atoms in total. The average molecular weight is 137 g/mol. The average Bonchev–Trinajstić information content (AvgIpc) is 2.34. The lowest BCUT2D eigenvalue weighted by Crippen LogP contribution is -1.93. The molecule has 0 aliphatic carbocycles. The number of aromatic nitrogens is 2. The largest absolute Gasteiger partial charge is 0.398 e. The van der Waals surface area contributed by atoms with E-state index in [1.807, 2.05) is 26.2 Å². The minimum absolute atomic E-state index is 0.771. The molecule has 0 radical (unpaired) electrons. The smallest absolute Gasteiger partial charge is 0.0582 e. The van der Waals surface area contributed by atoms with Crippen molar-refractivity contribution in [3.05, 3.63) is 24.0 Å². The van der Waals surface area contributed by atoms with Crippen LogP contribution in [-0.2, 0) is 7.05 Å². The summed E-state index contributed by atoms with van der Waals surface area (Å²) in [6, 6.07) is 0. The van der Waals surface area contributed by atoms with Gasteiger partial charge in [-0.2, -0.15) is 5.10 Å². The molecule has 10 heavy (non-hydrogen) atoms. The molecule has 0 saturated heterocycles. The summed E-state index contributed by atoms with van der Waals surface area (Å²) in [5.41, 5.74) is 7.36. The molecule has 54 valence electrons. The van der Waals surface area contributed by atoms with Crippen molar-refractivity contribution in [1.29, 1.82) is 0 Å². The third kappa shape index (κ3) is 1.18. The second-order valence-electron chi connectivity index (χ2n) is 2.15. The normalized spacial score (nSPS) is 12.0. The predicted molar refractivity (Wildman–Crippen MR) is 41.0 cm³/mol. The molecule has 0 fully saturated rings. The molecule has 0 aliphatic rings. The molecule has 0 unspecified atom stereocenters. The standard InChI is InChI=1S/C7H11N3/c1-3-7(8)6-4-9-10(2)5-6/h3-5H,8H2,1-2H3/b7-3-. The summed E-state index contributed by atoms with van der Waals surface area (Å²) in [7, 11) is 1.87. The van der Waals surface area contributed by atoms with Gasteiger partial charge in [0.2, 0.25) is 0 Å². The maximum Gasteiger partial charge on any atom is 0.0582 e. The lowest BCUT2D eigenvalue weighted by molar-refractivity contribution is 0.767. The third-order valence-electron chi connectivity index (χ3n) is 1.35. The molecular formula is C7H11N3. The monoisotopic (exact) mass is 137 g/mol. The molecule has 1 aromatic rings. The minimum Gasteiger partial charge on any atom is -0.398 e. The van der Waals surface area contributed by atoms with Crippen molar-refractivity contribution in [2.45, 2.75) is 6.92 Å². The zero-order valence-corrected chi connectivity index (χ0v) is 6.20. The van der Waals surface area contributed by atoms with Gasteiger partial charge in [0.25, 0.3) is 0 Å². The second-order valence-corrected chi connectivity index (χ2v) is 2.15. The molecule has 0 spiro atoms. The van der Waals surface area contributed by atoms with Gasteiger partial charge in [-0.1, -0.05) is 6.08 Å². The van der Waals surface area contributed by atoms with Crippen LogP contribution in [-0.4, -0.2) is 9.78 Å². The zero-order chi connectivity index (χ0) is 7.56. The van der Waals surface area contributed by atoms with Crippen molar-refractivity contribution in [2.24, 2.45) is 12.8 Å². The Hall–Kier alpha value is -1.25. The number of hydrogen-bond donors (Lipinski definition) is 1. The Bertz CT molecular complexity index is 247. The molecule has 0 amide bonds. The van der Waals surface area contributed by atoms with E-state index in [9.17, 15) is 0 Å². The summed E-state index contributed by atoms with van der Waals surface area (Å²) in [5.74, 6) is 0. The molecule has 1 aromatic heterocycles. The molecule has 0 atom stereocenters. The summed E-state index contributed by atoms with van der Waals surface area (Å²) < 4.78 is 1.73. The van der Waals surface area contributed by atoms with Crippen molar-refractivity contribution in [3.63, 3.8) is 0 Å². The summed E-state index contributed by atoms with van der Waals surface area (Å²) in [6.45, 7) is 1.91. The van der Waals surface area contributed by atoms with Crippen LogP contribution in [0.25, 0.3) is 5.70 Å². The van der Waals surface area contributed by atoms with Gasteiger partial charge in [-0.05, 0) is 6.92 Å². The molecule has 2 N–H and O–H groups in total. The van der Waals surface area contributed by atoms with Crippen LogP contribution in [0.5, 0.6) is 0 Å². The predicted octanol–water partition coefficient (Wildman–Crippen LogP) is 0.740. The SMILES string of the molecule is C/C=C(\N)c1cnn(C)c1. The van der Waals surface area contributed by atoms with Gasteiger partial charge >= 0.3 is 0 Å². The molecule has 3 heteroatoms. The quantitative estimate of drug-likeness (QED) is 0.620. The first-order valence-electron chi connectivity index (χ1n) is 3.15. The topological polar surface area (TPSA) is 43.8 Å². The van der Waals surface area contributed by atoms with Gasteiger partial charge in [-0.15, -0.1) is 0 Å². The van der Waals surface area contributed by atoms with E-state index >= 15 is 0 Å². The Morgan fingerprint density at radius 2 is 2.50 bits per heavy atom. The second kappa shape index (κ2) is 2.56. The molecule has 1 rings (SSSR count). The fourth-order valence-electron chi connectivity index (χ4n) is 0.737. The summed E-state index contributed by atoms with van der Waals surface area (Å²) in [5, 5.41) is 3.98. The molecule has 0 aliphatic heterocycles. The Kier molecular flexibility index (Phi) is 1.76. The van der Waals surface area contributed by atoms with E-state index in [1.54, 1.807) is 10.9 Å². The van der Waals surface area contributed by atoms with E-state index in [-0.39, 0.29) is 0 Å². The first kappa shape index (κ1) is 6.86. The number of aryl methyl sites for hydroxylation is 1. The van der Waals surface area contributed by atoms with E-state index < -0.39 is 0 Å². The van der Waals surface area contributed by atoms with Gasteiger partial charge in [0, 0.05) is 24.5 Å². The maximum atomic E-state index is 5.62. The fraction of sp³-hybridized carbons (Fsp3) is 0.286. The number of nitrogens with zero attached hydrogens (tertiary/aromatic N) is 2. The highest BCUT2D eigenvalue weighted by atomic mass is 15.2. The van der Waals surface area contributed by atoms with Crippen molar-refractivity contribution >= 4 is 5.70 Å². The first-order chi connectivity index (χ1) is 4.74. The zero-order valence-electron chi connectivity index (χ0n) is 6.20. The Morgan fingerprint density at radius 3 is 2.90 bits per heavy atom. The van der Waals surface area contributed by atoms with Crippen LogP contribution in [0.15, 0.2) is 18.5 Å². The third-order valence-corrected chi connectivity index (χ3v) is 1.35. The van der Waals surface area contributed by atoms with Crippen LogP contribution in [0, 0.1) is 0 Å². The highest BCUT2D eigenvalue weighted by molar-refractivity contribution is 5.60. The maximum absolute atomic E-state index is 5.62. The molecule has 0 saturated carbocycles. The van der Waals surface area contributed by atoms with Gasteiger partial charge in [0.15, 0.2) is 0 Å². The molecule has 0 aromatic carbocycles. The van der Waals surface area contributed by atoms with Crippen LogP contribution in [0.1, 0.15) is 12.5 Å². The van der Waals surface area contributed by atoms with Gasteiger partial charge < -0.3 is 5.73 Å². The molecule has 1 heterocycles. The number of hydrogen-bond acceptors (Lipinski definition) is 2. The summed E-state index contributed by atoms with van der Waals surface area (Å²) in [4.78, 5) is 0. The molecule has 0 bridgehead atoms. The fourth-order valence-corrected chi connectivity index (χ4v) is 0.737. The van der Waals surface area contributed by atoms with Crippen LogP contribution in [0.4, 0.5) is 0 Å². The van der Waals surface area contributed by atoms with Crippen molar-refractivity contribution in [3.8, 4) is 0 Å². The van der Waals surface area contributed by atoms with Crippen LogP contribution >= 0.6 is 0 Å². The lowest BCUT2D eigenvalue weighted by Gasteiger charge is -1.91. The lowest BCUT2D eigenvalue weighted by atomic mass is 10.3. The van der Waals surface area contributed by atoms with Crippen LogP contribution in [0.3, 0.4) is 0 Å². The van der Waals surface area contributed by atoms with Crippen molar-refractivity contribution < 1.29 is 0 Å². The Morgan fingerprint density at radius 1 is 1.80 bits per heavy atom. The van der Waals surface area contributed by atoms with Crippen LogP contribution < -0.4 is 5.73 Å². The van der Waals surface area contributed by atoms with E-state index in [0.717, 1.165) is 11.3 Å². The van der Waals surface area contributed by atoms with E-state index in [4.69, 9.17) is 5.73 Å². The molecular weight excluding hydrogens is 126 g/mol. The number of nitrogens with two attached hydrogens (primary N) is 1. The number of allylic oxidation sites excluding steroid dienone is 1.